The lowest BCUT2D eigenvalue weighted by Crippen LogP contribution is -2.18. The van der Waals surface area contributed by atoms with Crippen LogP contribution in [0.1, 0.15) is 56.7 Å². The number of hydrogen-bond donors (Lipinski definition) is 2. The molecule has 1 aromatic carbocycles. The summed E-state index contributed by atoms with van der Waals surface area (Å²) >= 11 is 0. The molecule has 2 N–H and O–H groups in total. The van der Waals surface area contributed by atoms with Crippen LogP contribution in [0, 0.1) is 6.92 Å². The maximum Gasteiger partial charge on any atom is 0.124 e. The Morgan fingerprint density at radius 2 is 1.95 bits per heavy atom. The number of nitrogens with one attached hydrogen (secondary N) is 1. The average Bonchev–Trinajstić information content (AvgIpc) is 2.43. The molecule has 3 nitrogen and oxygen atoms in total. The number of benzene rings is 1. The summed E-state index contributed by atoms with van der Waals surface area (Å²) in [6.45, 7) is 8.38. The van der Waals surface area contributed by atoms with Gasteiger partial charge in [-0.05, 0) is 51.3 Å². The van der Waals surface area contributed by atoms with Gasteiger partial charge in [-0.2, -0.15) is 0 Å². The molecule has 0 aliphatic rings. The highest BCUT2D eigenvalue weighted by atomic mass is 16.5. The van der Waals surface area contributed by atoms with Gasteiger partial charge in [0.05, 0.1) is 6.61 Å². The third kappa shape index (κ3) is 5.93. The number of ether oxygens (including phenoxy) is 1. The minimum Gasteiger partial charge on any atom is -0.493 e. The Bertz CT molecular complexity index is 379. The fraction of sp³-hybridized carbons (Fsp3) is 0.647. The highest BCUT2D eigenvalue weighted by Crippen LogP contribution is 2.26. The number of aliphatic hydroxyl groups is 1. The summed E-state index contributed by atoms with van der Waals surface area (Å²) in [6, 6.07) is 6.72. The van der Waals surface area contributed by atoms with Crippen LogP contribution in [-0.2, 0) is 0 Å². The van der Waals surface area contributed by atoms with E-state index in [1.807, 2.05) is 0 Å². The van der Waals surface area contributed by atoms with Crippen LogP contribution < -0.4 is 10.1 Å². The van der Waals surface area contributed by atoms with Gasteiger partial charge in [-0.1, -0.05) is 25.5 Å². The van der Waals surface area contributed by atoms with Crippen molar-refractivity contribution in [2.75, 3.05) is 19.8 Å². The van der Waals surface area contributed by atoms with E-state index in [2.05, 4.69) is 44.3 Å². The summed E-state index contributed by atoms with van der Waals surface area (Å²) in [7, 11) is 0. The van der Waals surface area contributed by atoms with Crippen LogP contribution >= 0.6 is 0 Å². The molecule has 0 spiro atoms. The van der Waals surface area contributed by atoms with Crippen LogP contribution in [0.2, 0.25) is 0 Å². The number of rotatable bonds is 10. The molecule has 0 amide bonds. The lowest BCUT2D eigenvalue weighted by atomic mass is 10.0. The Hall–Kier alpha value is -1.06. The van der Waals surface area contributed by atoms with Crippen LogP contribution in [0.15, 0.2) is 18.2 Å². The molecule has 0 aromatic heterocycles. The van der Waals surface area contributed by atoms with Crippen molar-refractivity contribution in [2.24, 2.45) is 0 Å². The second-order valence-corrected chi connectivity index (χ2v) is 5.31. The zero-order chi connectivity index (χ0) is 14.8. The SMILES string of the molecule is CCNC(C)c1ccc(C)cc1OCCCCCCO. The van der Waals surface area contributed by atoms with E-state index in [1.165, 1.54) is 11.1 Å². The van der Waals surface area contributed by atoms with E-state index in [-0.39, 0.29) is 0 Å². The Labute approximate surface area is 123 Å². The molecule has 1 aromatic rings. The monoisotopic (exact) mass is 279 g/mol. The summed E-state index contributed by atoms with van der Waals surface area (Å²) in [5, 5.41) is 12.2. The topological polar surface area (TPSA) is 41.5 Å². The van der Waals surface area contributed by atoms with Crippen molar-refractivity contribution < 1.29 is 9.84 Å². The molecule has 0 heterocycles. The molecule has 0 radical (unpaired) electrons. The van der Waals surface area contributed by atoms with Crippen molar-refractivity contribution in [1.82, 2.24) is 5.32 Å². The van der Waals surface area contributed by atoms with Gasteiger partial charge in [0.15, 0.2) is 0 Å². The third-order valence-corrected chi connectivity index (χ3v) is 3.46. The van der Waals surface area contributed by atoms with Gasteiger partial charge in [-0.3, -0.25) is 0 Å². The van der Waals surface area contributed by atoms with Crippen LogP contribution in [-0.4, -0.2) is 24.9 Å². The predicted octanol–water partition coefficient (Wildman–Crippen LogP) is 3.60. The van der Waals surface area contributed by atoms with Crippen LogP contribution in [0.4, 0.5) is 0 Å². The highest BCUT2D eigenvalue weighted by Gasteiger charge is 2.10. The first-order chi connectivity index (χ1) is 9.69. The first kappa shape index (κ1) is 17.0. The molecular formula is C17H29NO2. The standard InChI is InChI=1S/C17H29NO2/c1-4-18-15(3)16-10-9-14(2)13-17(16)20-12-8-6-5-7-11-19/h9-10,13,15,18-19H,4-8,11-12H2,1-3H3. The summed E-state index contributed by atoms with van der Waals surface area (Å²) < 4.78 is 5.96. The normalized spacial score (nSPS) is 12.4. The van der Waals surface area contributed by atoms with Crippen molar-refractivity contribution in [3.05, 3.63) is 29.3 Å². The molecule has 0 aliphatic heterocycles. The lowest BCUT2D eigenvalue weighted by Gasteiger charge is -2.18. The zero-order valence-corrected chi connectivity index (χ0v) is 13.1. The molecule has 114 valence electrons. The highest BCUT2D eigenvalue weighted by molar-refractivity contribution is 5.39. The van der Waals surface area contributed by atoms with E-state index >= 15 is 0 Å². The molecule has 1 unspecified atom stereocenters. The smallest absolute Gasteiger partial charge is 0.124 e. The van der Waals surface area contributed by atoms with Crippen molar-refractivity contribution in [3.63, 3.8) is 0 Å². The second-order valence-electron chi connectivity index (χ2n) is 5.31. The molecule has 0 saturated heterocycles. The first-order valence-electron chi connectivity index (χ1n) is 7.76. The van der Waals surface area contributed by atoms with Gasteiger partial charge in [-0.15, -0.1) is 0 Å². The van der Waals surface area contributed by atoms with Crippen LogP contribution in [0.25, 0.3) is 0 Å². The van der Waals surface area contributed by atoms with Gasteiger partial charge in [0.25, 0.3) is 0 Å². The number of aliphatic hydroxyl groups excluding tert-OH is 1. The van der Waals surface area contributed by atoms with Gasteiger partial charge < -0.3 is 15.2 Å². The van der Waals surface area contributed by atoms with Gasteiger partial charge in [0, 0.05) is 18.2 Å². The molecule has 0 aliphatic carbocycles. The van der Waals surface area contributed by atoms with E-state index in [0.717, 1.165) is 44.6 Å². The van der Waals surface area contributed by atoms with Crippen molar-refractivity contribution in [1.29, 1.82) is 0 Å². The molecule has 0 bridgehead atoms. The van der Waals surface area contributed by atoms with Crippen molar-refractivity contribution >= 4 is 0 Å². The van der Waals surface area contributed by atoms with E-state index in [4.69, 9.17) is 9.84 Å². The summed E-state index contributed by atoms with van der Waals surface area (Å²) in [4.78, 5) is 0. The Morgan fingerprint density at radius 1 is 1.20 bits per heavy atom. The Balaban J connectivity index is 2.52. The summed E-state index contributed by atoms with van der Waals surface area (Å²) in [6.07, 6.45) is 4.13. The zero-order valence-electron chi connectivity index (χ0n) is 13.1. The number of hydrogen-bond acceptors (Lipinski definition) is 3. The Morgan fingerprint density at radius 3 is 2.65 bits per heavy atom. The number of unbranched alkanes of at least 4 members (excludes halogenated alkanes) is 3. The molecule has 1 atom stereocenters. The number of aryl methyl sites for hydroxylation is 1. The van der Waals surface area contributed by atoms with Gasteiger partial charge in [0.2, 0.25) is 0 Å². The van der Waals surface area contributed by atoms with Crippen molar-refractivity contribution in [3.8, 4) is 5.75 Å². The van der Waals surface area contributed by atoms with Gasteiger partial charge in [0.1, 0.15) is 5.75 Å². The van der Waals surface area contributed by atoms with E-state index < -0.39 is 0 Å². The lowest BCUT2D eigenvalue weighted by molar-refractivity contribution is 0.272. The molecule has 0 fully saturated rings. The van der Waals surface area contributed by atoms with Crippen molar-refractivity contribution in [2.45, 2.75) is 52.5 Å². The molecule has 1 rings (SSSR count). The molecule has 20 heavy (non-hydrogen) atoms. The van der Waals surface area contributed by atoms with E-state index in [0.29, 0.717) is 12.6 Å². The third-order valence-electron chi connectivity index (χ3n) is 3.46. The van der Waals surface area contributed by atoms with E-state index in [1.54, 1.807) is 0 Å². The molecule has 0 saturated carbocycles. The van der Waals surface area contributed by atoms with Gasteiger partial charge >= 0.3 is 0 Å². The summed E-state index contributed by atoms with van der Waals surface area (Å²) in [5.74, 6) is 1.00. The van der Waals surface area contributed by atoms with Crippen LogP contribution in [0.3, 0.4) is 0 Å². The van der Waals surface area contributed by atoms with Gasteiger partial charge in [-0.25, -0.2) is 0 Å². The van der Waals surface area contributed by atoms with Crippen LogP contribution in [0.5, 0.6) is 5.75 Å². The van der Waals surface area contributed by atoms with E-state index in [9.17, 15) is 0 Å². The fourth-order valence-corrected chi connectivity index (χ4v) is 2.29. The fourth-order valence-electron chi connectivity index (χ4n) is 2.29. The quantitative estimate of drug-likeness (QED) is 0.643. The maximum atomic E-state index is 8.74. The molecular weight excluding hydrogens is 250 g/mol. The Kier molecular flexibility index (Phi) is 8.31. The minimum absolute atomic E-state index is 0.295. The largest absolute Gasteiger partial charge is 0.493 e. The second kappa shape index (κ2) is 9.78. The first-order valence-corrected chi connectivity index (χ1v) is 7.76. The minimum atomic E-state index is 0.295. The summed E-state index contributed by atoms with van der Waals surface area (Å²) in [5.41, 5.74) is 2.46. The maximum absolute atomic E-state index is 8.74. The molecule has 3 heteroatoms. The predicted molar refractivity (Wildman–Crippen MR) is 84.3 cm³/mol. The average molecular weight is 279 g/mol.